The molecule has 0 radical (unpaired) electrons. The first kappa shape index (κ1) is 14.9. The van der Waals surface area contributed by atoms with Gasteiger partial charge in [-0.1, -0.05) is 19.1 Å². The average Bonchev–Trinajstić information content (AvgIpc) is 2.33. The number of nitrogens with one attached hydrogen (secondary N) is 2. The molecule has 1 aliphatic rings. The van der Waals surface area contributed by atoms with Crippen molar-refractivity contribution in [2.75, 3.05) is 19.6 Å². The zero-order chi connectivity index (χ0) is 14.5. The highest BCUT2D eigenvalue weighted by atomic mass is 16.5. The maximum absolute atomic E-state index is 12.0. The highest BCUT2D eigenvalue weighted by molar-refractivity contribution is 5.78. The lowest BCUT2D eigenvalue weighted by Gasteiger charge is -2.32. The molecule has 4 nitrogen and oxygen atoms in total. The number of hydrogen-bond acceptors (Lipinski definition) is 3. The lowest BCUT2D eigenvalue weighted by atomic mass is 9.88. The molecule has 1 saturated heterocycles. The maximum Gasteiger partial charge on any atom is 0.223 e. The number of ether oxygens (including phenoxy) is 1. The van der Waals surface area contributed by atoms with E-state index in [1.165, 1.54) is 5.56 Å². The van der Waals surface area contributed by atoms with E-state index in [9.17, 15) is 4.79 Å². The van der Waals surface area contributed by atoms with Crippen molar-refractivity contribution >= 4 is 5.91 Å². The largest absolute Gasteiger partial charge is 0.489 e. The first-order valence-electron chi connectivity index (χ1n) is 7.28. The van der Waals surface area contributed by atoms with Crippen LogP contribution in [-0.2, 0) is 4.79 Å². The van der Waals surface area contributed by atoms with Crippen LogP contribution in [0.3, 0.4) is 0 Å². The van der Waals surface area contributed by atoms with Gasteiger partial charge in [-0.25, -0.2) is 0 Å². The van der Waals surface area contributed by atoms with Crippen LogP contribution in [0.2, 0.25) is 0 Å². The number of rotatable bonds is 6. The summed E-state index contributed by atoms with van der Waals surface area (Å²) in [6.45, 7) is 8.43. The van der Waals surface area contributed by atoms with Gasteiger partial charge in [-0.15, -0.1) is 0 Å². The van der Waals surface area contributed by atoms with Gasteiger partial charge in [-0.3, -0.25) is 4.79 Å². The highest BCUT2D eigenvalue weighted by Gasteiger charge is 2.28. The Balaban J connectivity index is 1.74. The molecule has 0 bridgehead atoms. The minimum atomic E-state index is -0.0348. The van der Waals surface area contributed by atoms with Gasteiger partial charge in [0, 0.05) is 5.92 Å². The lowest BCUT2D eigenvalue weighted by molar-refractivity contribution is -0.127. The summed E-state index contributed by atoms with van der Waals surface area (Å²) in [6, 6.07) is 7.95. The van der Waals surface area contributed by atoms with E-state index in [1.807, 2.05) is 45.0 Å². The Bertz CT molecular complexity index is 458. The van der Waals surface area contributed by atoms with E-state index >= 15 is 0 Å². The van der Waals surface area contributed by atoms with E-state index in [0.717, 1.165) is 18.8 Å². The summed E-state index contributed by atoms with van der Waals surface area (Å²) in [5, 5.41) is 6.17. The second-order valence-electron chi connectivity index (χ2n) is 5.70. The smallest absolute Gasteiger partial charge is 0.223 e. The van der Waals surface area contributed by atoms with E-state index < -0.39 is 0 Å². The predicted octanol–water partition coefficient (Wildman–Crippen LogP) is 1.73. The molecule has 1 aliphatic heterocycles. The minimum Gasteiger partial charge on any atom is -0.489 e. The Morgan fingerprint density at radius 2 is 2.20 bits per heavy atom. The molecular formula is C16H24N2O2. The third kappa shape index (κ3) is 3.97. The quantitative estimate of drug-likeness (QED) is 0.832. The topological polar surface area (TPSA) is 50.4 Å². The third-order valence-electron chi connectivity index (χ3n) is 3.82. The van der Waals surface area contributed by atoms with Crippen molar-refractivity contribution in [1.82, 2.24) is 10.6 Å². The van der Waals surface area contributed by atoms with E-state index in [4.69, 9.17) is 4.74 Å². The molecule has 2 N–H and O–H groups in total. The van der Waals surface area contributed by atoms with Gasteiger partial charge in [0.25, 0.3) is 0 Å². The van der Waals surface area contributed by atoms with Crippen molar-refractivity contribution in [2.24, 2.45) is 11.8 Å². The predicted molar refractivity (Wildman–Crippen MR) is 79.8 cm³/mol. The second-order valence-corrected chi connectivity index (χ2v) is 5.70. The first-order chi connectivity index (χ1) is 9.56. The Morgan fingerprint density at radius 1 is 1.45 bits per heavy atom. The number of aryl methyl sites for hydroxylation is 1. The fourth-order valence-corrected chi connectivity index (χ4v) is 2.25. The van der Waals surface area contributed by atoms with Gasteiger partial charge in [-0.2, -0.15) is 0 Å². The van der Waals surface area contributed by atoms with Crippen LogP contribution in [0.5, 0.6) is 5.75 Å². The van der Waals surface area contributed by atoms with Crippen molar-refractivity contribution in [3.8, 4) is 5.75 Å². The van der Waals surface area contributed by atoms with Crippen LogP contribution >= 0.6 is 0 Å². The summed E-state index contributed by atoms with van der Waals surface area (Å²) < 4.78 is 5.80. The SMILES string of the molecule is Cc1cccc(OC(C)CNC(=O)C(C)C2CNC2)c1. The van der Waals surface area contributed by atoms with Crippen molar-refractivity contribution < 1.29 is 9.53 Å². The number of carbonyl (C=O) groups is 1. The van der Waals surface area contributed by atoms with Crippen LogP contribution in [0.1, 0.15) is 19.4 Å². The van der Waals surface area contributed by atoms with Gasteiger partial charge in [-0.05, 0) is 50.6 Å². The van der Waals surface area contributed by atoms with E-state index in [2.05, 4.69) is 10.6 Å². The third-order valence-corrected chi connectivity index (χ3v) is 3.82. The molecule has 1 amide bonds. The standard InChI is InChI=1S/C16H24N2O2/c1-11-5-4-6-15(7-11)20-12(2)8-18-16(19)13(3)14-9-17-10-14/h4-7,12-14,17H,8-10H2,1-3H3,(H,18,19). The molecule has 0 spiro atoms. The van der Waals surface area contributed by atoms with Crippen LogP contribution in [-0.4, -0.2) is 31.6 Å². The molecule has 0 aliphatic carbocycles. The Kier molecular flexibility index (Phi) is 5.01. The molecule has 1 aromatic carbocycles. The fraction of sp³-hybridized carbons (Fsp3) is 0.562. The summed E-state index contributed by atoms with van der Waals surface area (Å²) in [7, 11) is 0. The molecule has 1 heterocycles. The molecule has 0 saturated carbocycles. The Morgan fingerprint density at radius 3 is 2.80 bits per heavy atom. The molecule has 20 heavy (non-hydrogen) atoms. The molecule has 1 aromatic rings. The van der Waals surface area contributed by atoms with Gasteiger partial charge in [0.1, 0.15) is 11.9 Å². The number of benzene rings is 1. The molecule has 0 aromatic heterocycles. The van der Waals surface area contributed by atoms with Crippen LogP contribution in [0.15, 0.2) is 24.3 Å². The van der Waals surface area contributed by atoms with Crippen LogP contribution in [0.25, 0.3) is 0 Å². The fourth-order valence-electron chi connectivity index (χ4n) is 2.25. The van der Waals surface area contributed by atoms with Crippen molar-refractivity contribution in [3.05, 3.63) is 29.8 Å². The van der Waals surface area contributed by atoms with Gasteiger partial charge >= 0.3 is 0 Å². The van der Waals surface area contributed by atoms with Gasteiger partial charge in [0.2, 0.25) is 5.91 Å². The van der Waals surface area contributed by atoms with Gasteiger partial charge in [0.15, 0.2) is 0 Å². The Hall–Kier alpha value is -1.55. The summed E-state index contributed by atoms with van der Waals surface area (Å²) in [5.41, 5.74) is 1.17. The van der Waals surface area contributed by atoms with E-state index in [0.29, 0.717) is 12.5 Å². The summed E-state index contributed by atoms with van der Waals surface area (Å²) in [6.07, 6.45) is -0.0348. The van der Waals surface area contributed by atoms with Crippen LogP contribution in [0, 0.1) is 18.8 Å². The zero-order valence-electron chi connectivity index (χ0n) is 12.5. The second kappa shape index (κ2) is 6.75. The highest BCUT2D eigenvalue weighted by Crippen LogP contribution is 2.16. The molecule has 110 valence electrons. The first-order valence-corrected chi connectivity index (χ1v) is 7.28. The maximum atomic E-state index is 12.0. The monoisotopic (exact) mass is 276 g/mol. The average molecular weight is 276 g/mol. The van der Waals surface area contributed by atoms with Crippen LogP contribution in [0.4, 0.5) is 0 Å². The summed E-state index contributed by atoms with van der Waals surface area (Å²) in [5.74, 6) is 1.52. The summed E-state index contributed by atoms with van der Waals surface area (Å²) >= 11 is 0. The minimum absolute atomic E-state index is 0.0348. The zero-order valence-corrected chi connectivity index (χ0v) is 12.5. The molecule has 1 fully saturated rings. The molecule has 4 heteroatoms. The molecular weight excluding hydrogens is 252 g/mol. The molecule has 2 atom stereocenters. The van der Waals surface area contributed by atoms with Crippen LogP contribution < -0.4 is 15.4 Å². The number of amides is 1. The summed E-state index contributed by atoms with van der Waals surface area (Å²) in [4.78, 5) is 12.0. The molecule has 2 rings (SSSR count). The normalized spacial score (nSPS) is 17.9. The van der Waals surface area contributed by atoms with E-state index in [1.54, 1.807) is 0 Å². The Labute approximate surface area is 120 Å². The van der Waals surface area contributed by atoms with Crippen molar-refractivity contribution in [2.45, 2.75) is 26.9 Å². The van der Waals surface area contributed by atoms with Gasteiger partial charge in [0.05, 0.1) is 6.54 Å². The number of carbonyl (C=O) groups excluding carboxylic acids is 1. The van der Waals surface area contributed by atoms with Crippen molar-refractivity contribution in [3.63, 3.8) is 0 Å². The lowest BCUT2D eigenvalue weighted by Crippen LogP contribution is -2.50. The van der Waals surface area contributed by atoms with Crippen molar-refractivity contribution in [1.29, 1.82) is 0 Å². The van der Waals surface area contributed by atoms with E-state index in [-0.39, 0.29) is 17.9 Å². The molecule has 2 unspecified atom stereocenters. The number of hydrogen-bond donors (Lipinski definition) is 2. The van der Waals surface area contributed by atoms with Gasteiger partial charge < -0.3 is 15.4 Å².